The van der Waals surface area contributed by atoms with Crippen LogP contribution in [0.1, 0.15) is 25.1 Å². The van der Waals surface area contributed by atoms with Gasteiger partial charge in [-0.15, -0.1) is 0 Å². The number of ether oxygens (including phenoxy) is 2. The molecule has 234 valence electrons. The van der Waals surface area contributed by atoms with Gasteiger partial charge in [0.25, 0.3) is 5.91 Å². The molecule has 2 heterocycles. The monoisotopic (exact) mass is 615 g/mol. The number of rotatable bonds is 10. The van der Waals surface area contributed by atoms with Crippen molar-refractivity contribution in [2.45, 2.75) is 31.2 Å². The first-order valence-electron chi connectivity index (χ1n) is 13.6. The Bertz CT molecular complexity index is 1570. The highest BCUT2D eigenvalue weighted by atomic mass is 19.4. The summed E-state index contributed by atoms with van der Waals surface area (Å²) in [5.74, 6) is -1.30. The van der Waals surface area contributed by atoms with E-state index in [4.69, 9.17) is 14.9 Å². The number of nitrogens with zero attached hydrogens (tertiary/aromatic N) is 2. The number of aliphatic hydroxyl groups is 1. The van der Waals surface area contributed by atoms with E-state index >= 15 is 0 Å². The highest BCUT2D eigenvalue weighted by molar-refractivity contribution is 6.15. The van der Waals surface area contributed by atoms with Crippen LogP contribution >= 0.6 is 0 Å². The quantitative estimate of drug-likeness (QED) is 0.292. The molecule has 0 saturated carbocycles. The molecule has 2 aliphatic rings. The molecule has 1 aromatic heterocycles. The standard InChI is InChI=1S/C31H33F4N5O4/c1-6-40(7-2)29(3)17-44-27-22(29)14-24(39-26(27)18-8-10-21(32)11-9-18)30(42,31(33,34)35)16-38-28(41)19-12-20(15-37-4)25(36)23(13-19)43-5/h6,8-15,36-37,42H,1,7,16-17H2,2-5H3,(H,38,41)/b20-15-,36-25?/t29-,30?/m0/s1. The second kappa shape index (κ2) is 12.2. The Morgan fingerprint density at radius 1 is 1.30 bits per heavy atom. The van der Waals surface area contributed by atoms with Crippen molar-refractivity contribution in [1.82, 2.24) is 20.5 Å². The lowest BCUT2D eigenvalue weighted by Gasteiger charge is -2.37. The molecule has 0 fully saturated rings. The van der Waals surface area contributed by atoms with E-state index in [0.717, 1.165) is 18.2 Å². The largest absolute Gasteiger partial charge is 0.494 e. The number of halogens is 4. The van der Waals surface area contributed by atoms with Crippen LogP contribution in [0.4, 0.5) is 17.6 Å². The Labute approximate surface area is 252 Å². The predicted octanol–water partition coefficient (Wildman–Crippen LogP) is 4.42. The number of hydrogen-bond donors (Lipinski definition) is 4. The fourth-order valence-corrected chi connectivity index (χ4v) is 5.15. The smallest absolute Gasteiger partial charge is 0.424 e. The minimum atomic E-state index is -5.30. The molecule has 13 heteroatoms. The fourth-order valence-electron chi connectivity index (χ4n) is 5.15. The number of pyridine rings is 1. The molecule has 1 aliphatic carbocycles. The molecular weight excluding hydrogens is 582 g/mol. The van der Waals surface area contributed by atoms with Gasteiger partial charge in [-0.1, -0.05) is 6.58 Å². The lowest BCUT2D eigenvalue weighted by molar-refractivity contribution is -0.265. The first kappa shape index (κ1) is 32.3. The summed E-state index contributed by atoms with van der Waals surface area (Å²) in [6, 6.07) is 6.10. The van der Waals surface area contributed by atoms with Crippen LogP contribution in [0, 0.1) is 11.2 Å². The topological polar surface area (TPSA) is 120 Å². The minimum absolute atomic E-state index is 0.0245. The summed E-state index contributed by atoms with van der Waals surface area (Å²) in [5, 5.41) is 24.4. The molecule has 2 atom stereocenters. The number of allylic oxidation sites excluding steroid dienone is 2. The van der Waals surface area contributed by atoms with Gasteiger partial charge in [-0.25, -0.2) is 9.37 Å². The summed E-state index contributed by atoms with van der Waals surface area (Å²) in [6.07, 6.45) is 0.202. The van der Waals surface area contributed by atoms with Gasteiger partial charge in [0.15, 0.2) is 5.75 Å². The molecule has 0 bridgehead atoms. The number of methoxy groups -OCH3 is 1. The Balaban J connectivity index is 1.83. The molecule has 9 nitrogen and oxygen atoms in total. The van der Waals surface area contributed by atoms with E-state index in [1.165, 1.54) is 37.6 Å². The van der Waals surface area contributed by atoms with Gasteiger partial charge in [0.2, 0.25) is 5.60 Å². The lowest BCUT2D eigenvalue weighted by Crippen LogP contribution is -2.52. The highest BCUT2D eigenvalue weighted by Crippen LogP contribution is 2.49. The van der Waals surface area contributed by atoms with Crippen molar-refractivity contribution in [3.63, 3.8) is 0 Å². The molecule has 2 aromatic rings. The third kappa shape index (κ3) is 5.66. The number of aromatic nitrogens is 1. The summed E-state index contributed by atoms with van der Waals surface area (Å²) in [7, 11) is 2.87. The van der Waals surface area contributed by atoms with E-state index < -0.39 is 41.3 Å². The fraction of sp³-hybridized carbons (Fsp3) is 0.323. The van der Waals surface area contributed by atoms with Gasteiger partial charge >= 0.3 is 6.18 Å². The summed E-state index contributed by atoms with van der Waals surface area (Å²) >= 11 is 0. The summed E-state index contributed by atoms with van der Waals surface area (Å²) < 4.78 is 69.3. The van der Waals surface area contributed by atoms with Crippen molar-refractivity contribution in [2.75, 3.05) is 33.9 Å². The van der Waals surface area contributed by atoms with Crippen LogP contribution in [0.25, 0.3) is 11.3 Å². The molecule has 1 aliphatic heterocycles. The Kier molecular flexibility index (Phi) is 8.91. The molecule has 4 rings (SSSR count). The maximum atomic E-state index is 14.8. The average Bonchev–Trinajstić information content (AvgIpc) is 3.33. The van der Waals surface area contributed by atoms with Gasteiger partial charge in [0.1, 0.15) is 29.6 Å². The van der Waals surface area contributed by atoms with Crippen LogP contribution in [0.15, 0.2) is 78.4 Å². The number of carbonyl (C=O) groups is 1. The normalized spacial score (nSPS) is 20.1. The zero-order valence-electron chi connectivity index (χ0n) is 24.6. The zero-order valence-corrected chi connectivity index (χ0v) is 24.6. The van der Waals surface area contributed by atoms with Crippen LogP contribution in [-0.4, -0.2) is 66.6 Å². The summed E-state index contributed by atoms with van der Waals surface area (Å²) in [5.41, 5.74) is -4.75. The molecule has 0 radical (unpaired) electrons. The number of fused-ring (bicyclic) bond motifs is 1. The molecule has 0 saturated heterocycles. The van der Waals surface area contributed by atoms with E-state index in [0.29, 0.717) is 12.1 Å². The van der Waals surface area contributed by atoms with Gasteiger partial charge in [-0.3, -0.25) is 10.2 Å². The number of nitrogens with one attached hydrogen (secondary N) is 3. The van der Waals surface area contributed by atoms with E-state index in [1.807, 2.05) is 6.92 Å². The number of alkyl halides is 3. The van der Waals surface area contributed by atoms with Gasteiger partial charge in [-0.2, -0.15) is 13.2 Å². The SMILES string of the molecule is C=CN(CC)[C@@]1(C)COc2c1cc(C(O)(CNC(=O)C1=C/C(=C/NC)C(=N)C(OC)=C1)C(F)(F)F)nc2-c1ccc(F)cc1. The summed E-state index contributed by atoms with van der Waals surface area (Å²) in [4.78, 5) is 19.1. The maximum Gasteiger partial charge on any atom is 0.424 e. The van der Waals surface area contributed by atoms with Crippen LogP contribution < -0.4 is 15.4 Å². The predicted molar refractivity (Wildman–Crippen MR) is 156 cm³/mol. The molecule has 1 unspecified atom stereocenters. The maximum absolute atomic E-state index is 14.8. The molecule has 1 aromatic carbocycles. The van der Waals surface area contributed by atoms with Gasteiger partial charge in [0, 0.05) is 42.1 Å². The van der Waals surface area contributed by atoms with Crippen molar-refractivity contribution in [3.8, 4) is 17.0 Å². The van der Waals surface area contributed by atoms with Crippen LogP contribution in [0.2, 0.25) is 0 Å². The lowest BCUT2D eigenvalue weighted by atomic mass is 9.87. The third-order valence-corrected chi connectivity index (χ3v) is 7.68. The number of hydrogen-bond acceptors (Lipinski definition) is 8. The van der Waals surface area contributed by atoms with Gasteiger partial charge in [-0.05, 0) is 62.5 Å². The minimum Gasteiger partial charge on any atom is -0.494 e. The first-order chi connectivity index (χ1) is 20.7. The van der Waals surface area contributed by atoms with Crippen LogP contribution in [0.5, 0.6) is 5.75 Å². The molecule has 4 N–H and O–H groups in total. The van der Waals surface area contributed by atoms with E-state index in [-0.39, 0.29) is 46.2 Å². The average molecular weight is 616 g/mol. The van der Waals surface area contributed by atoms with Crippen molar-refractivity contribution in [3.05, 3.63) is 95.4 Å². The molecular formula is C31H33F4N5O4. The van der Waals surface area contributed by atoms with Crippen molar-refractivity contribution >= 4 is 11.6 Å². The Morgan fingerprint density at radius 3 is 2.55 bits per heavy atom. The third-order valence-electron chi connectivity index (χ3n) is 7.68. The Morgan fingerprint density at radius 2 is 1.98 bits per heavy atom. The van der Waals surface area contributed by atoms with Gasteiger partial charge < -0.3 is 30.1 Å². The first-order valence-corrected chi connectivity index (χ1v) is 13.6. The van der Waals surface area contributed by atoms with E-state index in [9.17, 15) is 27.5 Å². The number of benzene rings is 1. The zero-order chi connectivity index (χ0) is 32.4. The van der Waals surface area contributed by atoms with E-state index in [1.54, 1.807) is 25.1 Å². The molecule has 0 spiro atoms. The Hall–Kier alpha value is -4.65. The number of amides is 1. The highest BCUT2D eigenvalue weighted by Gasteiger charge is 2.57. The number of likely N-dealkylation sites (N-methyl/N-ethyl adjacent to an activating group) is 1. The van der Waals surface area contributed by atoms with Gasteiger partial charge in [0.05, 0.1) is 24.9 Å². The molecule has 1 amide bonds. The summed E-state index contributed by atoms with van der Waals surface area (Å²) in [6.45, 7) is 6.62. The van der Waals surface area contributed by atoms with Crippen molar-refractivity contribution in [1.29, 1.82) is 5.41 Å². The second-order valence-electron chi connectivity index (χ2n) is 10.4. The molecule has 44 heavy (non-hydrogen) atoms. The van der Waals surface area contributed by atoms with Crippen molar-refractivity contribution in [2.24, 2.45) is 0 Å². The van der Waals surface area contributed by atoms with Crippen molar-refractivity contribution < 1.29 is 36.9 Å². The second-order valence-corrected chi connectivity index (χ2v) is 10.4. The number of carbonyl (C=O) groups excluding carboxylic acids is 1. The van der Waals surface area contributed by atoms with Crippen LogP contribution in [0.3, 0.4) is 0 Å². The van der Waals surface area contributed by atoms with E-state index in [2.05, 4.69) is 22.2 Å². The van der Waals surface area contributed by atoms with Crippen LogP contribution in [-0.2, 0) is 20.7 Å².